The quantitative estimate of drug-likeness (QED) is 0.222. The van der Waals surface area contributed by atoms with E-state index in [0.29, 0.717) is 3.42 Å². The third-order valence-corrected chi connectivity index (χ3v) is 5.20. The molecule has 0 N–H and O–H groups in total. The van der Waals surface area contributed by atoms with Crippen molar-refractivity contribution in [2.45, 2.75) is 24.2 Å². The Hall–Kier alpha value is -2.33. The second kappa shape index (κ2) is 10.1. The highest BCUT2D eigenvalue weighted by Crippen LogP contribution is 2.09. The van der Waals surface area contributed by atoms with Gasteiger partial charge in [-0.15, -0.1) is 0 Å². The van der Waals surface area contributed by atoms with Crippen LogP contribution in [0.1, 0.15) is 20.8 Å². The van der Waals surface area contributed by atoms with E-state index in [-0.39, 0.29) is 0 Å². The molecule has 0 amide bonds. The van der Waals surface area contributed by atoms with Gasteiger partial charge in [-0.05, 0) is 20.8 Å². The van der Waals surface area contributed by atoms with Gasteiger partial charge >= 0.3 is 0 Å². The van der Waals surface area contributed by atoms with Crippen LogP contribution in [0.15, 0.2) is 121 Å². The van der Waals surface area contributed by atoms with Gasteiger partial charge in [0.15, 0.2) is 3.42 Å². The van der Waals surface area contributed by atoms with Crippen LogP contribution in [-0.2, 0) is 0 Å². The number of halogens is 1. The molecule has 4 aromatic rings. The summed E-state index contributed by atoms with van der Waals surface area (Å²) in [6, 6.07) is 43.5. The van der Waals surface area contributed by atoms with E-state index < -0.39 is 6.15 Å². The van der Waals surface area contributed by atoms with Crippen LogP contribution in [0.25, 0.3) is 0 Å². The van der Waals surface area contributed by atoms with Gasteiger partial charge in [0, 0.05) is 0 Å². The largest absolute Gasteiger partial charge is 0.258 e. The topological polar surface area (TPSA) is 0 Å². The summed E-state index contributed by atoms with van der Waals surface area (Å²) in [6.45, 7) is 6.58. The second-order valence-electron chi connectivity index (χ2n) is 8.62. The van der Waals surface area contributed by atoms with Gasteiger partial charge in [-0.1, -0.05) is 121 Å². The van der Waals surface area contributed by atoms with Crippen molar-refractivity contribution >= 4 is 28.0 Å². The zero-order chi connectivity index (χ0) is 21.5. The lowest BCUT2D eigenvalue weighted by Gasteiger charge is -2.44. The molecule has 0 unspecified atom stereocenters. The summed E-state index contributed by atoms with van der Waals surface area (Å²) in [5.41, 5.74) is 5.36. The van der Waals surface area contributed by atoms with Crippen molar-refractivity contribution in [2.75, 3.05) is 0 Å². The van der Waals surface area contributed by atoms with E-state index in [1.807, 2.05) is 0 Å². The summed E-state index contributed by atoms with van der Waals surface area (Å²) < 4.78 is 0.510. The average molecular weight is 504 g/mol. The van der Waals surface area contributed by atoms with Crippen molar-refractivity contribution < 1.29 is 22.6 Å². The van der Waals surface area contributed by atoms with Crippen LogP contribution in [0, 0.1) is 0 Å². The van der Waals surface area contributed by atoms with E-state index in [9.17, 15) is 0 Å². The zero-order valence-electron chi connectivity index (χ0n) is 18.0. The van der Waals surface area contributed by atoms with Gasteiger partial charge < -0.3 is 0 Å². The Balaban J connectivity index is 0.000000461. The molecule has 0 radical (unpaired) electrons. The van der Waals surface area contributed by atoms with Crippen LogP contribution >= 0.6 is 0 Å². The van der Waals surface area contributed by atoms with E-state index in [4.69, 9.17) is 0 Å². The molecule has 0 aliphatic heterocycles. The molecule has 152 valence electrons. The average Bonchev–Trinajstić information content (AvgIpc) is 2.76. The highest BCUT2D eigenvalue weighted by molar-refractivity contribution is 7.19. The van der Waals surface area contributed by atoms with Gasteiger partial charge in [-0.3, -0.25) is 0 Å². The number of alkyl halides is 1. The van der Waals surface area contributed by atoms with E-state index in [1.54, 1.807) is 0 Å². The molecule has 0 heterocycles. The number of hydrogen-bond acceptors (Lipinski definition) is 0. The Kier molecular flexibility index (Phi) is 7.55. The minimum absolute atomic E-state index is 0.510. The maximum absolute atomic E-state index is 2.26. The summed E-state index contributed by atoms with van der Waals surface area (Å²) in [5.74, 6) is 0. The molecule has 4 aromatic carbocycles. The molecule has 30 heavy (non-hydrogen) atoms. The molecule has 0 aliphatic carbocycles. The van der Waals surface area contributed by atoms with Gasteiger partial charge in [-0.25, -0.2) is 0 Å². The minimum Gasteiger partial charge on any atom is -0.195 e. The van der Waals surface area contributed by atoms with Crippen LogP contribution < -0.4 is 44.4 Å². The van der Waals surface area contributed by atoms with Crippen molar-refractivity contribution in [3.63, 3.8) is 0 Å². The van der Waals surface area contributed by atoms with Gasteiger partial charge in [0.1, 0.15) is 6.15 Å². The Morgan fingerprint density at radius 3 is 0.767 bits per heavy atom. The molecule has 4 rings (SSSR count). The van der Waals surface area contributed by atoms with E-state index in [2.05, 4.69) is 165 Å². The summed E-state index contributed by atoms with van der Waals surface area (Å²) in [5, 5.41) is 0. The highest BCUT2D eigenvalue weighted by Gasteiger charge is 2.30. The fourth-order valence-corrected chi connectivity index (χ4v) is 4.12. The molecule has 0 aliphatic rings. The predicted molar refractivity (Wildman–Crippen MR) is 131 cm³/mol. The van der Waals surface area contributed by atoms with Crippen LogP contribution in [0.5, 0.6) is 0 Å². The Morgan fingerprint density at radius 1 is 0.433 bits per heavy atom. The molecule has 0 saturated carbocycles. The van der Waals surface area contributed by atoms with Gasteiger partial charge in [0.05, 0.1) is 0 Å². The smallest absolute Gasteiger partial charge is 0.195 e. The molecule has 0 aromatic heterocycles. The standard InChI is InChI=1S/C24H20B.C4H10I/c1-5-13-21(14-6-1)25(22-15-7-2-8-16-22,23-17-9-3-10-18-23)24-19-11-4-12-20-24;1-4(2,3)5/h1-20H;5H,1-3H3/q-1;+1. The Labute approximate surface area is 195 Å². The van der Waals surface area contributed by atoms with Crippen LogP contribution in [0.4, 0.5) is 0 Å². The number of rotatable bonds is 4. The van der Waals surface area contributed by atoms with Crippen molar-refractivity contribution in [3.8, 4) is 0 Å². The lowest BCUT2D eigenvalue weighted by atomic mass is 9.13. The monoisotopic (exact) mass is 504 g/mol. The molecular formula is C28H30BI. The first-order valence-electron chi connectivity index (χ1n) is 10.5. The third kappa shape index (κ3) is 5.43. The third-order valence-electron chi connectivity index (χ3n) is 5.20. The van der Waals surface area contributed by atoms with Crippen LogP contribution in [-0.4, -0.2) is 9.57 Å². The normalized spacial score (nSPS) is 11.3. The first-order valence-corrected chi connectivity index (χ1v) is 11.7. The number of hydrogen-bond donors (Lipinski definition) is 0. The fourth-order valence-electron chi connectivity index (χ4n) is 4.12. The lowest BCUT2D eigenvalue weighted by molar-refractivity contribution is -0.458. The van der Waals surface area contributed by atoms with E-state index >= 15 is 0 Å². The van der Waals surface area contributed by atoms with Gasteiger partial charge in [0.2, 0.25) is 0 Å². The predicted octanol–water partition coefficient (Wildman–Crippen LogP) is 1.13. The van der Waals surface area contributed by atoms with Gasteiger partial charge in [0.25, 0.3) is 22.6 Å². The summed E-state index contributed by atoms with van der Waals surface area (Å²) in [4.78, 5) is 0. The van der Waals surface area contributed by atoms with Crippen LogP contribution in [0.3, 0.4) is 0 Å². The Bertz CT molecular complexity index is 838. The van der Waals surface area contributed by atoms with Crippen molar-refractivity contribution in [1.82, 2.24) is 0 Å². The second-order valence-corrected chi connectivity index (χ2v) is 12.1. The molecule has 0 saturated heterocycles. The molecule has 0 fully saturated rings. The van der Waals surface area contributed by atoms with Gasteiger partial charge in [-0.2, -0.15) is 21.9 Å². The minimum atomic E-state index is -1.22. The summed E-state index contributed by atoms with van der Waals surface area (Å²) in [7, 11) is 0. The van der Waals surface area contributed by atoms with E-state index in [0.717, 1.165) is 0 Å². The van der Waals surface area contributed by atoms with Crippen LogP contribution in [0.2, 0.25) is 0 Å². The van der Waals surface area contributed by atoms with E-state index in [1.165, 1.54) is 21.9 Å². The molecule has 0 bridgehead atoms. The fraction of sp³-hybridized carbons (Fsp3) is 0.143. The maximum Gasteiger partial charge on any atom is 0.258 e. The highest BCUT2D eigenvalue weighted by atomic mass is 127. The maximum atomic E-state index is 2.26. The summed E-state index contributed by atoms with van der Waals surface area (Å²) >= 11 is 2.12. The molecule has 0 spiro atoms. The van der Waals surface area contributed by atoms with Crippen molar-refractivity contribution in [2.24, 2.45) is 0 Å². The molecule has 2 heteroatoms. The van der Waals surface area contributed by atoms with Crippen molar-refractivity contribution in [1.29, 1.82) is 0 Å². The Morgan fingerprint density at radius 2 is 0.600 bits per heavy atom. The first kappa shape index (κ1) is 22.4. The first-order chi connectivity index (χ1) is 14.4. The zero-order valence-corrected chi connectivity index (χ0v) is 20.4. The summed E-state index contributed by atoms with van der Waals surface area (Å²) in [6.07, 6.45) is -1.22. The number of benzene rings is 4. The molecule has 0 atom stereocenters. The SMILES string of the molecule is CC(C)(C)[IH+].c1ccc([B-](c2ccccc2)(c2ccccc2)c2ccccc2)cc1. The van der Waals surface area contributed by atoms with Crippen molar-refractivity contribution in [3.05, 3.63) is 121 Å². The molecular weight excluding hydrogens is 474 g/mol. The lowest BCUT2D eigenvalue weighted by Crippen LogP contribution is -3.42. The molecule has 0 nitrogen and oxygen atoms in total.